The summed E-state index contributed by atoms with van der Waals surface area (Å²) in [4.78, 5) is 0. The Labute approximate surface area is 133 Å². The van der Waals surface area contributed by atoms with Crippen LogP contribution >= 0.6 is 27.5 Å². The fraction of sp³-hybridized carbons (Fsp3) is 0.375. The van der Waals surface area contributed by atoms with Crippen LogP contribution in [0.2, 0.25) is 0 Å². The number of hydrogen-bond acceptors (Lipinski definition) is 2. The maximum absolute atomic E-state index is 6.64. The molecule has 0 aliphatic rings. The van der Waals surface area contributed by atoms with Crippen molar-refractivity contribution in [2.45, 2.75) is 32.6 Å². The van der Waals surface area contributed by atoms with Crippen molar-refractivity contribution >= 4 is 27.5 Å². The smallest absolute Gasteiger partial charge is 0.127 e. The Morgan fingerprint density at radius 1 is 1.35 bits per heavy atom. The molecule has 20 heavy (non-hydrogen) atoms. The lowest BCUT2D eigenvalue weighted by atomic mass is 9.99. The Morgan fingerprint density at radius 3 is 2.60 bits per heavy atom. The molecule has 2 nitrogen and oxygen atoms in total. The second kappa shape index (κ2) is 6.23. The third-order valence-corrected chi connectivity index (χ3v) is 4.70. The molecule has 0 radical (unpaired) electrons. The van der Waals surface area contributed by atoms with Gasteiger partial charge in [0, 0.05) is 16.5 Å². The zero-order chi connectivity index (χ0) is 14.9. The van der Waals surface area contributed by atoms with E-state index < -0.39 is 0 Å². The van der Waals surface area contributed by atoms with E-state index in [1.165, 1.54) is 0 Å². The van der Waals surface area contributed by atoms with E-state index in [1.807, 2.05) is 32.0 Å². The summed E-state index contributed by atoms with van der Waals surface area (Å²) in [5, 5.41) is -0.360. The lowest BCUT2D eigenvalue weighted by molar-refractivity contribution is 0.403. The molecule has 0 aliphatic carbocycles. The summed E-state index contributed by atoms with van der Waals surface area (Å²) in [6.45, 7) is 6.09. The van der Waals surface area contributed by atoms with Gasteiger partial charge in [0.05, 0.1) is 7.11 Å². The molecule has 2 rings (SSSR count). The number of furan rings is 1. The van der Waals surface area contributed by atoms with Crippen LogP contribution in [0.15, 0.2) is 27.1 Å². The first-order valence-electron chi connectivity index (χ1n) is 6.55. The van der Waals surface area contributed by atoms with Crippen molar-refractivity contribution in [3.8, 4) is 5.75 Å². The fourth-order valence-corrected chi connectivity index (χ4v) is 3.25. The van der Waals surface area contributed by atoms with E-state index >= 15 is 0 Å². The standard InChI is InChI=1S/C16H18BrClO2/c1-5-11-6-7-13(20-11)15(18)14-10(3)12(17)8-9(2)16(14)19-4/h6-8,15H,5H2,1-4H3. The highest BCUT2D eigenvalue weighted by molar-refractivity contribution is 9.10. The van der Waals surface area contributed by atoms with E-state index in [1.54, 1.807) is 7.11 Å². The van der Waals surface area contributed by atoms with Gasteiger partial charge in [-0.25, -0.2) is 0 Å². The average Bonchev–Trinajstić information content (AvgIpc) is 2.90. The number of hydrogen-bond donors (Lipinski definition) is 0. The van der Waals surface area contributed by atoms with Crippen LogP contribution in [-0.4, -0.2) is 7.11 Å². The Balaban J connectivity index is 2.55. The number of benzene rings is 1. The van der Waals surface area contributed by atoms with Gasteiger partial charge in [-0.2, -0.15) is 0 Å². The van der Waals surface area contributed by atoms with E-state index in [2.05, 4.69) is 22.9 Å². The van der Waals surface area contributed by atoms with Gasteiger partial charge in [0.25, 0.3) is 0 Å². The molecule has 0 bridgehead atoms. The summed E-state index contributed by atoms with van der Waals surface area (Å²) in [5.41, 5.74) is 3.08. The van der Waals surface area contributed by atoms with Crippen molar-refractivity contribution < 1.29 is 9.15 Å². The minimum atomic E-state index is -0.360. The zero-order valence-electron chi connectivity index (χ0n) is 12.1. The highest BCUT2D eigenvalue weighted by Crippen LogP contribution is 2.42. The largest absolute Gasteiger partial charge is 0.496 e. The van der Waals surface area contributed by atoms with E-state index in [0.717, 1.165) is 44.9 Å². The first kappa shape index (κ1) is 15.5. The van der Waals surface area contributed by atoms with Crippen LogP contribution < -0.4 is 4.74 Å². The van der Waals surface area contributed by atoms with Gasteiger partial charge in [-0.3, -0.25) is 0 Å². The maximum atomic E-state index is 6.64. The molecule has 1 heterocycles. The number of aryl methyl sites for hydroxylation is 2. The minimum absolute atomic E-state index is 0.360. The summed E-state index contributed by atoms with van der Waals surface area (Å²) in [6, 6.07) is 5.95. The van der Waals surface area contributed by atoms with E-state index in [9.17, 15) is 0 Å². The Kier molecular flexibility index (Phi) is 4.82. The molecule has 1 atom stereocenters. The van der Waals surface area contributed by atoms with Gasteiger partial charge in [-0.1, -0.05) is 22.9 Å². The van der Waals surface area contributed by atoms with E-state index in [0.29, 0.717) is 0 Å². The van der Waals surface area contributed by atoms with Crippen LogP contribution in [0.4, 0.5) is 0 Å². The molecule has 2 aromatic rings. The molecule has 0 saturated heterocycles. The van der Waals surface area contributed by atoms with Gasteiger partial charge in [-0.15, -0.1) is 11.6 Å². The fourth-order valence-electron chi connectivity index (χ4n) is 2.31. The second-order valence-corrected chi connectivity index (χ2v) is 6.06. The zero-order valence-corrected chi connectivity index (χ0v) is 14.4. The van der Waals surface area contributed by atoms with Crippen LogP contribution in [0.5, 0.6) is 5.75 Å². The minimum Gasteiger partial charge on any atom is -0.496 e. The monoisotopic (exact) mass is 356 g/mol. The average molecular weight is 358 g/mol. The highest BCUT2D eigenvalue weighted by atomic mass is 79.9. The molecule has 0 amide bonds. The van der Waals surface area contributed by atoms with Gasteiger partial charge in [0.1, 0.15) is 22.6 Å². The maximum Gasteiger partial charge on any atom is 0.127 e. The Bertz CT molecular complexity index is 619. The quantitative estimate of drug-likeness (QED) is 0.669. The molecule has 1 aromatic carbocycles. The molecular formula is C16H18BrClO2. The number of alkyl halides is 1. The molecule has 0 spiro atoms. The van der Waals surface area contributed by atoms with Crippen LogP contribution in [0.1, 0.15) is 40.5 Å². The first-order chi connectivity index (χ1) is 9.49. The van der Waals surface area contributed by atoms with Crippen molar-refractivity contribution in [2.24, 2.45) is 0 Å². The number of rotatable bonds is 4. The van der Waals surface area contributed by atoms with Crippen LogP contribution in [-0.2, 0) is 6.42 Å². The van der Waals surface area contributed by atoms with Gasteiger partial charge < -0.3 is 9.15 Å². The predicted molar refractivity (Wildman–Crippen MR) is 86.0 cm³/mol. The first-order valence-corrected chi connectivity index (χ1v) is 7.78. The van der Waals surface area contributed by atoms with Gasteiger partial charge >= 0.3 is 0 Å². The van der Waals surface area contributed by atoms with Gasteiger partial charge in [0.15, 0.2) is 0 Å². The summed E-state index contributed by atoms with van der Waals surface area (Å²) < 4.78 is 12.3. The van der Waals surface area contributed by atoms with Crippen molar-refractivity contribution in [1.29, 1.82) is 0 Å². The molecule has 1 unspecified atom stereocenters. The third kappa shape index (κ3) is 2.75. The third-order valence-electron chi connectivity index (χ3n) is 3.45. The highest BCUT2D eigenvalue weighted by Gasteiger charge is 2.24. The Morgan fingerprint density at radius 2 is 2.05 bits per heavy atom. The van der Waals surface area contributed by atoms with Crippen molar-refractivity contribution in [3.63, 3.8) is 0 Å². The summed E-state index contributed by atoms with van der Waals surface area (Å²) in [6.07, 6.45) is 0.858. The van der Waals surface area contributed by atoms with Crippen LogP contribution in [0.25, 0.3) is 0 Å². The molecule has 0 aliphatic heterocycles. The lowest BCUT2D eigenvalue weighted by Gasteiger charge is -2.18. The van der Waals surface area contributed by atoms with Crippen LogP contribution in [0, 0.1) is 13.8 Å². The molecule has 0 saturated carbocycles. The van der Waals surface area contributed by atoms with E-state index in [4.69, 9.17) is 20.8 Å². The van der Waals surface area contributed by atoms with Crippen molar-refractivity contribution in [1.82, 2.24) is 0 Å². The lowest BCUT2D eigenvalue weighted by Crippen LogP contribution is -2.02. The van der Waals surface area contributed by atoms with Gasteiger partial charge in [0.2, 0.25) is 0 Å². The second-order valence-electron chi connectivity index (χ2n) is 4.77. The van der Waals surface area contributed by atoms with Crippen LogP contribution in [0.3, 0.4) is 0 Å². The summed E-state index contributed by atoms with van der Waals surface area (Å²) in [5.74, 6) is 2.51. The predicted octanol–water partition coefficient (Wildman–Crippen LogP) is 5.56. The number of methoxy groups -OCH3 is 1. The molecule has 0 fully saturated rings. The Hall–Kier alpha value is -0.930. The summed E-state index contributed by atoms with van der Waals surface area (Å²) in [7, 11) is 1.67. The molecule has 108 valence electrons. The number of halogens is 2. The summed E-state index contributed by atoms with van der Waals surface area (Å²) >= 11 is 10.2. The number of ether oxygens (including phenoxy) is 1. The van der Waals surface area contributed by atoms with Gasteiger partial charge in [-0.05, 0) is 43.2 Å². The van der Waals surface area contributed by atoms with Crippen molar-refractivity contribution in [3.05, 3.63) is 50.9 Å². The molecule has 1 aromatic heterocycles. The molecule has 4 heteroatoms. The normalized spacial score (nSPS) is 12.5. The SMILES string of the molecule is CCc1ccc(C(Cl)c2c(C)c(Br)cc(C)c2OC)o1. The topological polar surface area (TPSA) is 22.4 Å². The molecular weight excluding hydrogens is 340 g/mol. The van der Waals surface area contributed by atoms with E-state index in [-0.39, 0.29) is 5.38 Å². The molecule has 0 N–H and O–H groups in total. The van der Waals surface area contributed by atoms with Crippen molar-refractivity contribution in [2.75, 3.05) is 7.11 Å².